The molecule has 1 N–H and O–H groups in total. The van der Waals surface area contributed by atoms with Crippen LogP contribution < -0.4 is 0 Å². The maximum atomic E-state index is 8.83. The van der Waals surface area contributed by atoms with E-state index in [1.807, 2.05) is 4.90 Å². The van der Waals surface area contributed by atoms with E-state index in [4.69, 9.17) is 9.84 Å². The van der Waals surface area contributed by atoms with Gasteiger partial charge in [-0.15, -0.1) is 0 Å². The Balaban J connectivity index is 2.27. The number of methoxy groups -OCH3 is 1. The van der Waals surface area contributed by atoms with E-state index in [1.54, 1.807) is 7.11 Å². The number of ether oxygens (including phenoxy) is 1. The minimum atomic E-state index is 0.175. The lowest BCUT2D eigenvalue weighted by Crippen LogP contribution is -2.33. The van der Waals surface area contributed by atoms with Crippen LogP contribution in [0.15, 0.2) is 0 Å². The van der Waals surface area contributed by atoms with Gasteiger partial charge in [0.15, 0.2) is 0 Å². The first-order valence-electron chi connectivity index (χ1n) is 3.72. The minimum Gasteiger partial charge on any atom is -0.383 e. The Labute approximate surface area is 61.6 Å². The molecule has 0 aliphatic carbocycles. The van der Waals surface area contributed by atoms with Gasteiger partial charge in [0.1, 0.15) is 0 Å². The molecule has 0 bridgehead atoms. The summed E-state index contributed by atoms with van der Waals surface area (Å²) in [4.78, 5) is 2.05. The van der Waals surface area contributed by atoms with Crippen molar-refractivity contribution in [1.82, 2.24) is 4.90 Å². The van der Waals surface area contributed by atoms with Crippen molar-refractivity contribution in [2.75, 3.05) is 27.0 Å². The Kier molecular flexibility index (Phi) is 3.12. The first-order valence-corrected chi connectivity index (χ1v) is 3.72. The van der Waals surface area contributed by atoms with Crippen LogP contribution in [0.3, 0.4) is 0 Å². The van der Waals surface area contributed by atoms with Crippen LogP contribution in [0.25, 0.3) is 0 Å². The Bertz CT molecular complexity index is 97.6. The van der Waals surface area contributed by atoms with Gasteiger partial charge < -0.3 is 9.84 Å². The lowest BCUT2D eigenvalue weighted by molar-refractivity contribution is 0.0534. The van der Waals surface area contributed by atoms with Gasteiger partial charge in [-0.25, -0.2) is 0 Å². The fraction of sp³-hybridized carbons (Fsp3) is 1.00. The number of aliphatic hydroxyl groups is 1. The summed E-state index contributed by atoms with van der Waals surface area (Å²) in [6.45, 7) is 1.94. The van der Waals surface area contributed by atoms with Crippen molar-refractivity contribution in [1.29, 1.82) is 0 Å². The summed E-state index contributed by atoms with van der Waals surface area (Å²) in [5.74, 6) is 0. The Morgan fingerprint density at radius 1 is 1.70 bits per heavy atom. The van der Waals surface area contributed by atoms with E-state index in [2.05, 4.69) is 0 Å². The summed E-state index contributed by atoms with van der Waals surface area (Å²) in [6.07, 6.45) is 2.35. The first-order chi connectivity index (χ1) is 4.88. The zero-order chi connectivity index (χ0) is 7.40. The second kappa shape index (κ2) is 3.91. The van der Waals surface area contributed by atoms with Crippen LogP contribution in [0.4, 0.5) is 0 Å². The van der Waals surface area contributed by atoms with Crippen LogP contribution in [-0.4, -0.2) is 43.0 Å². The van der Waals surface area contributed by atoms with Crippen molar-refractivity contribution in [3.8, 4) is 0 Å². The van der Waals surface area contributed by atoms with Crippen LogP contribution in [0, 0.1) is 0 Å². The van der Waals surface area contributed by atoms with Crippen molar-refractivity contribution < 1.29 is 9.84 Å². The standard InChI is InChI=1S/C7H15NO2/c1-10-5-7-3-2-4-8(7)6-9/h7,9H,2-6H2,1H3/t7-/m1/s1. The minimum absolute atomic E-state index is 0.175. The largest absolute Gasteiger partial charge is 0.383 e. The molecule has 3 nitrogen and oxygen atoms in total. The predicted molar refractivity (Wildman–Crippen MR) is 38.7 cm³/mol. The molecule has 0 aromatic carbocycles. The van der Waals surface area contributed by atoms with E-state index >= 15 is 0 Å². The third kappa shape index (κ3) is 1.68. The van der Waals surface area contributed by atoms with E-state index in [0.29, 0.717) is 6.04 Å². The molecular weight excluding hydrogens is 130 g/mol. The smallest absolute Gasteiger partial charge is 0.0959 e. The molecule has 1 aliphatic heterocycles. The van der Waals surface area contributed by atoms with Gasteiger partial charge in [0.2, 0.25) is 0 Å². The quantitative estimate of drug-likeness (QED) is 0.609. The summed E-state index contributed by atoms with van der Waals surface area (Å²) < 4.78 is 5.01. The molecule has 0 radical (unpaired) electrons. The summed E-state index contributed by atoms with van der Waals surface area (Å²) in [6, 6.07) is 0.454. The van der Waals surface area contributed by atoms with Crippen molar-refractivity contribution in [3.63, 3.8) is 0 Å². The summed E-state index contributed by atoms with van der Waals surface area (Å²) in [7, 11) is 1.70. The van der Waals surface area contributed by atoms with Gasteiger partial charge in [0.05, 0.1) is 13.3 Å². The normalized spacial score (nSPS) is 27.6. The maximum Gasteiger partial charge on any atom is 0.0959 e. The van der Waals surface area contributed by atoms with Gasteiger partial charge in [-0.2, -0.15) is 0 Å². The summed E-state index contributed by atoms with van der Waals surface area (Å²) in [5.41, 5.74) is 0. The number of hydrogen-bond acceptors (Lipinski definition) is 3. The SMILES string of the molecule is COC[C@H]1CCCN1CO. The Morgan fingerprint density at radius 3 is 3.10 bits per heavy atom. The van der Waals surface area contributed by atoms with Gasteiger partial charge in [0.25, 0.3) is 0 Å². The third-order valence-corrected chi connectivity index (χ3v) is 2.04. The molecule has 0 saturated carbocycles. The monoisotopic (exact) mass is 145 g/mol. The van der Waals surface area contributed by atoms with E-state index in [-0.39, 0.29) is 6.73 Å². The van der Waals surface area contributed by atoms with Gasteiger partial charge in [-0.05, 0) is 12.8 Å². The Morgan fingerprint density at radius 2 is 2.50 bits per heavy atom. The van der Waals surface area contributed by atoms with E-state index < -0.39 is 0 Å². The second-order valence-corrected chi connectivity index (χ2v) is 2.71. The molecule has 1 rings (SSSR count). The molecule has 1 aliphatic rings. The number of nitrogens with zero attached hydrogens (tertiary/aromatic N) is 1. The highest BCUT2D eigenvalue weighted by atomic mass is 16.5. The lowest BCUT2D eigenvalue weighted by atomic mass is 10.2. The van der Waals surface area contributed by atoms with Crippen LogP contribution >= 0.6 is 0 Å². The molecule has 0 aromatic heterocycles. The van der Waals surface area contributed by atoms with Crippen LogP contribution in [0.2, 0.25) is 0 Å². The van der Waals surface area contributed by atoms with Crippen LogP contribution in [-0.2, 0) is 4.74 Å². The highest BCUT2D eigenvalue weighted by Crippen LogP contribution is 2.15. The molecule has 0 spiro atoms. The highest BCUT2D eigenvalue weighted by Gasteiger charge is 2.22. The van der Waals surface area contributed by atoms with E-state index in [1.165, 1.54) is 6.42 Å². The molecule has 10 heavy (non-hydrogen) atoms. The molecule has 1 fully saturated rings. The van der Waals surface area contributed by atoms with Crippen molar-refractivity contribution >= 4 is 0 Å². The van der Waals surface area contributed by atoms with Crippen LogP contribution in [0.1, 0.15) is 12.8 Å². The van der Waals surface area contributed by atoms with E-state index in [9.17, 15) is 0 Å². The van der Waals surface area contributed by atoms with Crippen molar-refractivity contribution in [2.45, 2.75) is 18.9 Å². The maximum absolute atomic E-state index is 8.83. The summed E-state index contributed by atoms with van der Waals surface area (Å²) >= 11 is 0. The van der Waals surface area contributed by atoms with Crippen molar-refractivity contribution in [2.24, 2.45) is 0 Å². The first kappa shape index (κ1) is 7.98. The van der Waals surface area contributed by atoms with Gasteiger partial charge in [-0.3, -0.25) is 4.90 Å². The molecule has 3 heteroatoms. The zero-order valence-corrected chi connectivity index (χ0v) is 6.42. The predicted octanol–water partition coefficient (Wildman–Crippen LogP) is 0.0470. The van der Waals surface area contributed by atoms with Crippen molar-refractivity contribution in [3.05, 3.63) is 0 Å². The average molecular weight is 145 g/mol. The molecule has 1 atom stereocenters. The molecular formula is C7H15NO2. The summed E-state index contributed by atoms with van der Waals surface area (Å²) in [5, 5.41) is 8.83. The molecule has 1 saturated heterocycles. The van der Waals surface area contributed by atoms with Crippen LogP contribution in [0.5, 0.6) is 0 Å². The lowest BCUT2D eigenvalue weighted by Gasteiger charge is -2.20. The molecule has 0 unspecified atom stereocenters. The number of hydrogen-bond donors (Lipinski definition) is 1. The third-order valence-electron chi connectivity index (χ3n) is 2.04. The topological polar surface area (TPSA) is 32.7 Å². The fourth-order valence-corrected chi connectivity index (χ4v) is 1.46. The average Bonchev–Trinajstić information content (AvgIpc) is 2.36. The number of likely N-dealkylation sites (tertiary alicyclic amines) is 1. The number of aliphatic hydroxyl groups excluding tert-OH is 1. The zero-order valence-electron chi connectivity index (χ0n) is 6.42. The Hall–Kier alpha value is -0.120. The van der Waals surface area contributed by atoms with E-state index in [0.717, 1.165) is 19.6 Å². The van der Waals surface area contributed by atoms with Gasteiger partial charge >= 0.3 is 0 Å². The fourth-order valence-electron chi connectivity index (χ4n) is 1.46. The second-order valence-electron chi connectivity index (χ2n) is 2.71. The van der Waals surface area contributed by atoms with Gasteiger partial charge in [-0.1, -0.05) is 0 Å². The number of rotatable bonds is 3. The molecule has 1 heterocycles. The molecule has 0 aromatic rings. The van der Waals surface area contributed by atoms with Gasteiger partial charge in [0, 0.05) is 19.7 Å². The molecule has 0 amide bonds. The molecule has 60 valence electrons. The highest BCUT2D eigenvalue weighted by molar-refractivity contribution is 4.76.